The summed E-state index contributed by atoms with van der Waals surface area (Å²) in [7, 11) is 0. The molecule has 0 radical (unpaired) electrons. The third-order valence-corrected chi connectivity index (χ3v) is 5.21. The van der Waals surface area contributed by atoms with Crippen LogP contribution in [0.4, 0.5) is 4.39 Å². The summed E-state index contributed by atoms with van der Waals surface area (Å²) in [6.07, 6.45) is 9.19. The quantitative estimate of drug-likeness (QED) is 0.898. The molecule has 2 aliphatic rings. The van der Waals surface area contributed by atoms with Gasteiger partial charge in [0.2, 0.25) is 0 Å². The summed E-state index contributed by atoms with van der Waals surface area (Å²) in [5.74, 6) is 1.02. The molecule has 1 heterocycles. The maximum absolute atomic E-state index is 13.4. The average Bonchev–Trinajstić information content (AvgIpc) is 2.48. The maximum atomic E-state index is 13.4. The van der Waals surface area contributed by atoms with Gasteiger partial charge in [-0.1, -0.05) is 19.3 Å². The molecule has 0 aromatic heterocycles. The van der Waals surface area contributed by atoms with E-state index < -0.39 is 0 Å². The Morgan fingerprint density at radius 3 is 2.38 bits per heavy atom. The molecule has 0 spiro atoms. The van der Waals surface area contributed by atoms with Crippen molar-refractivity contribution in [3.63, 3.8) is 0 Å². The molecule has 116 valence electrons. The summed E-state index contributed by atoms with van der Waals surface area (Å²) in [5.41, 5.74) is 0.963. The zero-order chi connectivity index (χ0) is 14.7. The second-order valence-electron chi connectivity index (χ2n) is 6.82. The second-order valence-corrected chi connectivity index (χ2v) is 6.82. The van der Waals surface area contributed by atoms with Crippen molar-refractivity contribution < 1.29 is 9.50 Å². The first-order chi connectivity index (χ1) is 10.2. The number of nitrogens with zero attached hydrogens (tertiary/aromatic N) is 1. The van der Waals surface area contributed by atoms with Gasteiger partial charge in [0, 0.05) is 12.6 Å². The van der Waals surface area contributed by atoms with Crippen LogP contribution in [0.2, 0.25) is 0 Å². The van der Waals surface area contributed by atoms with E-state index in [1.54, 1.807) is 12.1 Å². The highest BCUT2D eigenvalue weighted by Gasteiger charge is 2.24. The molecule has 2 nitrogen and oxygen atoms in total. The highest BCUT2D eigenvalue weighted by molar-refractivity contribution is 5.31. The lowest BCUT2D eigenvalue weighted by molar-refractivity contribution is 0.164. The third kappa shape index (κ3) is 3.97. The molecule has 1 aliphatic carbocycles. The predicted octanol–water partition coefficient (Wildman–Crippen LogP) is 4.29. The first kappa shape index (κ1) is 14.8. The van der Waals surface area contributed by atoms with E-state index in [4.69, 9.17) is 0 Å². The van der Waals surface area contributed by atoms with Crippen molar-refractivity contribution in [2.24, 2.45) is 5.92 Å². The Morgan fingerprint density at radius 2 is 1.71 bits per heavy atom. The number of piperidine rings is 1. The van der Waals surface area contributed by atoms with Crippen LogP contribution in [0, 0.1) is 11.7 Å². The van der Waals surface area contributed by atoms with E-state index in [-0.39, 0.29) is 11.6 Å². The Labute approximate surface area is 127 Å². The van der Waals surface area contributed by atoms with Crippen LogP contribution in [0.5, 0.6) is 5.75 Å². The minimum atomic E-state index is -0.324. The van der Waals surface area contributed by atoms with E-state index in [1.165, 1.54) is 44.7 Å². The molecule has 1 aromatic carbocycles. The van der Waals surface area contributed by atoms with Crippen molar-refractivity contribution in [2.45, 2.75) is 50.9 Å². The van der Waals surface area contributed by atoms with Gasteiger partial charge < -0.3 is 10.0 Å². The average molecular weight is 291 g/mol. The van der Waals surface area contributed by atoms with Gasteiger partial charge in [0.05, 0.1) is 0 Å². The fourth-order valence-electron chi connectivity index (χ4n) is 4.02. The summed E-state index contributed by atoms with van der Waals surface area (Å²) >= 11 is 0. The molecule has 1 saturated carbocycles. The van der Waals surface area contributed by atoms with Crippen molar-refractivity contribution in [3.05, 3.63) is 29.6 Å². The number of likely N-dealkylation sites (tertiary alicyclic amines) is 1. The van der Waals surface area contributed by atoms with E-state index in [9.17, 15) is 9.50 Å². The number of rotatable bonds is 3. The van der Waals surface area contributed by atoms with Crippen LogP contribution in [0.25, 0.3) is 0 Å². The van der Waals surface area contributed by atoms with Gasteiger partial charge in [0.15, 0.2) is 0 Å². The molecule has 1 saturated heterocycles. The summed E-state index contributed by atoms with van der Waals surface area (Å²) < 4.78 is 13.4. The number of hydrogen-bond acceptors (Lipinski definition) is 2. The van der Waals surface area contributed by atoms with Gasteiger partial charge in [-0.3, -0.25) is 0 Å². The number of benzene rings is 1. The molecule has 0 unspecified atom stereocenters. The Kier molecular flexibility index (Phi) is 4.79. The molecule has 0 amide bonds. The molecule has 21 heavy (non-hydrogen) atoms. The van der Waals surface area contributed by atoms with E-state index in [2.05, 4.69) is 4.90 Å². The van der Waals surface area contributed by atoms with Crippen LogP contribution >= 0.6 is 0 Å². The van der Waals surface area contributed by atoms with Crippen LogP contribution in [-0.2, 0) is 0 Å². The van der Waals surface area contributed by atoms with Gasteiger partial charge in [0.25, 0.3) is 0 Å². The number of phenolic OH excluding ortho intramolecular Hbond substituents is 1. The largest absolute Gasteiger partial charge is 0.508 e. The lowest BCUT2D eigenvalue weighted by Crippen LogP contribution is -2.37. The Hall–Kier alpha value is -1.09. The van der Waals surface area contributed by atoms with E-state index in [0.717, 1.165) is 37.4 Å². The highest BCUT2D eigenvalue weighted by atomic mass is 19.1. The van der Waals surface area contributed by atoms with E-state index in [0.29, 0.717) is 5.92 Å². The molecular weight excluding hydrogens is 265 g/mol. The van der Waals surface area contributed by atoms with Crippen LogP contribution < -0.4 is 0 Å². The maximum Gasteiger partial charge on any atom is 0.127 e. The lowest BCUT2D eigenvalue weighted by Gasteiger charge is -2.35. The number of hydrogen-bond donors (Lipinski definition) is 1. The van der Waals surface area contributed by atoms with E-state index >= 15 is 0 Å². The SMILES string of the molecule is Oc1cc(F)cc(C2CCN(CC3CCCCC3)CC2)c1. The molecule has 0 bridgehead atoms. The van der Waals surface area contributed by atoms with Crippen molar-refractivity contribution in [1.29, 1.82) is 0 Å². The Bertz CT molecular complexity index is 442. The fourth-order valence-corrected chi connectivity index (χ4v) is 4.02. The fraction of sp³-hybridized carbons (Fsp3) is 0.667. The molecule has 1 aliphatic heterocycles. The Morgan fingerprint density at radius 1 is 1.00 bits per heavy atom. The van der Waals surface area contributed by atoms with Crippen LogP contribution in [0.3, 0.4) is 0 Å². The zero-order valence-corrected chi connectivity index (χ0v) is 12.7. The first-order valence-corrected chi connectivity index (χ1v) is 8.42. The summed E-state index contributed by atoms with van der Waals surface area (Å²) in [4.78, 5) is 2.59. The summed E-state index contributed by atoms with van der Waals surface area (Å²) in [5, 5.41) is 9.54. The first-order valence-electron chi connectivity index (χ1n) is 8.42. The number of halogens is 1. The highest BCUT2D eigenvalue weighted by Crippen LogP contribution is 2.32. The standard InChI is InChI=1S/C18H26FNO/c19-17-10-16(11-18(21)12-17)15-6-8-20(9-7-15)13-14-4-2-1-3-5-14/h10-12,14-15,21H,1-9,13H2. The topological polar surface area (TPSA) is 23.5 Å². The molecule has 1 N–H and O–H groups in total. The number of phenols is 1. The zero-order valence-electron chi connectivity index (χ0n) is 12.7. The smallest absolute Gasteiger partial charge is 0.127 e. The second kappa shape index (κ2) is 6.78. The van der Waals surface area contributed by atoms with Crippen molar-refractivity contribution >= 4 is 0 Å². The van der Waals surface area contributed by atoms with Gasteiger partial charge in [-0.15, -0.1) is 0 Å². The number of aromatic hydroxyl groups is 1. The molecule has 2 fully saturated rings. The van der Waals surface area contributed by atoms with Crippen molar-refractivity contribution in [1.82, 2.24) is 4.90 Å². The van der Waals surface area contributed by atoms with Gasteiger partial charge in [0.1, 0.15) is 11.6 Å². The molecule has 3 rings (SSSR count). The molecular formula is C18H26FNO. The predicted molar refractivity (Wildman–Crippen MR) is 83.1 cm³/mol. The monoisotopic (exact) mass is 291 g/mol. The minimum Gasteiger partial charge on any atom is -0.508 e. The summed E-state index contributed by atoms with van der Waals surface area (Å²) in [6, 6.07) is 4.49. The summed E-state index contributed by atoms with van der Waals surface area (Å²) in [6.45, 7) is 3.47. The lowest BCUT2D eigenvalue weighted by atomic mass is 9.86. The van der Waals surface area contributed by atoms with Crippen molar-refractivity contribution in [2.75, 3.05) is 19.6 Å². The van der Waals surface area contributed by atoms with Crippen LogP contribution in [0.15, 0.2) is 18.2 Å². The third-order valence-electron chi connectivity index (χ3n) is 5.21. The van der Waals surface area contributed by atoms with Gasteiger partial charge in [-0.25, -0.2) is 4.39 Å². The molecule has 3 heteroatoms. The molecule has 0 atom stereocenters. The van der Waals surface area contributed by atoms with Crippen LogP contribution in [-0.4, -0.2) is 29.6 Å². The van der Waals surface area contributed by atoms with Crippen molar-refractivity contribution in [3.8, 4) is 5.75 Å². The van der Waals surface area contributed by atoms with Gasteiger partial charge >= 0.3 is 0 Å². The normalized spacial score (nSPS) is 22.5. The Balaban J connectivity index is 1.52. The van der Waals surface area contributed by atoms with Gasteiger partial charge in [-0.05, 0) is 68.3 Å². The minimum absolute atomic E-state index is 0.0506. The van der Waals surface area contributed by atoms with Crippen LogP contribution in [0.1, 0.15) is 56.4 Å². The van der Waals surface area contributed by atoms with E-state index in [1.807, 2.05) is 0 Å². The van der Waals surface area contributed by atoms with Gasteiger partial charge in [-0.2, -0.15) is 0 Å². The molecule has 1 aromatic rings.